The topological polar surface area (TPSA) is 92.5 Å². The summed E-state index contributed by atoms with van der Waals surface area (Å²) in [6, 6.07) is 9.02. The highest BCUT2D eigenvalue weighted by molar-refractivity contribution is 14.1. The molecule has 2 aromatic rings. The third-order valence-corrected chi connectivity index (χ3v) is 3.76. The minimum Gasteiger partial charge on any atom is -0.477 e. The molecule has 2 N–H and O–H groups in total. The molecule has 21 heavy (non-hydrogen) atoms. The summed E-state index contributed by atoms with van der Waals surface area (Å²) in [6.45, 7) is 0. The second-order valence-electron chi connectivity index (χ2n) is 4.04. The second kappa shape index (κ2) is 6.27. The van der Waals surface area contributed by atoms with Gasteiger partial charge in [-0.2, -0.15) is 0 Å². The van der Waals surface area contributed by atoms with Gasteiger partial charge in [-0.1, -0.05) is 11.6 Å². The van der Waals surface area contributed by atoms with E-state index < -0.39 is 16.6 Å². The number of rotatable bonds is 4. The number of nitro groups is 1. The van der Waals surface area contributed by atoms with Crippen molar-refractivity contribution in [3.05, 3.63) is 60.7 Å². The first kappa shape index (κ1) is 15.5. The molecule has 2 aromatic carbocycles. The first-order chi connectivity index (χ1) is 9.88. The number of nitro benzene ring substituents is 1. The van der Waals surface area contributed by atoms with Crippen LogP contribution in [0.4, 0.5) is 17.1 Å². The van der Waals surface area contributed by atoms with Gasteiger partial charge in [-0.25, -0.2) is 4.79 Å². The number of hydrogen-bond acceptors (Lipinski definition) is 4. The molecule has 6 nitrogen and oxygen atoms in total. The van der Waals surface area contributed by atoms with Crippen LogP contribution < -0.4 is 5.32 Å². The Morgan fingerprint density at radius 2 is 2.00 bits per heavy atom. The van der Waals surface area contributed by atoms with Crippen molar-refractivity contribution in [2.45, 2.75) is 0 Å². The Bertz CT molecular complexity index is 736. The fourth-order valence-corrected chi connectivity index (χ4v) is 2.70. The van der Waals surface area contributed by atoms with Gasteiger partial charge in [0.15, 0.2) is 0 Å². The van der Waals surface area contributed by atoms with Crippen LogP contribution in [0.15, 0.2) is 36.4 Å². The Balaban J connectivity index is 2.39. The Morgan fingerprint density at radius 1 is 1.29 bits per heavy atom. The van der Waals surface area contributed by atoms with E-state index in [0.29, 0.717) is 10.7 Å². The van der Waals surface area contributed by atoms with Crippen LogP contribution in [0, 0.1) is 13.7 Å². The maximum Gasteiger partial charge on any atom is 0.342 e. The Kier molecular flexibility index (Phi) is 4.63. The highest BCUT2D eigenvalue weighted by atomic mass is 127. The van der Waals surface area contributed by atoms with Gasteiger partial charge < -0.3 is 10.4 Å². The monoisotopic (exact) mass is 418 g/mol. The molecule has 108 valence electrons. The zero-order valence-corrected chi connectivity index (χ0v) is 13.3. The number of carboxylic acids is 1. The van der Waals surface area contributed by atoms with E-state index in [-0.39, 0.29) is 5.56 Å². The van der Waals surface area contributed by atoms with Crippen LogP contribution in [-0.2, 0) is 0 Å². The first-order valence-corrected chi connectivity index (χ1v) is 7.08. The van der Waals surface area contributed by atoms with Gasteiger partial charge in [0.2, 0.25) is 0 Å². The lowest BCUT2D eigenvalue weighted by Gasteiger charge is -2.09. The highest BCUT2D eigenvalue weighted by Gasteiger charge is 2.20. The van der Waals surface area contributed by atoms with Crippen molar-refractivity contribution in [3.8, 4) is 0 Å². The number of carbonyl (C=O) groups is 1. The van der Waals surface area contributed by atoms with Crippen molar-refractivity contribution in [2.24, 2.45) is 0 Å². The van der Waals surface area contributed by atoms with Crippen molar-refractivity contribution in [1.82, 2.24) is 0 Å². The van der Waals surface area contributed by atoms with Crippen LogP contribution in [0.1, 0.15) is 10.4 Å². The summed E-state index contributed by atoms with van der Waals surface area (Å²) in [5.41, 5.74) is 0.358. The molecule has 0 radical (unpaired) electrons. The number of hydrogen-bond donors (Lipinski definition) is 2. The van der Waals surface area contributed by atoms with Gasteiger partial charge in [-0.15, -0.1) is 0 Å². The average Bonchev–Trinajstić information content (AvgIpc) is 2.41. The molecule has 0 amide bonds. The number of benzene rings is 2. The molecule has 0 fully saturated rings. The molecule has 0 aliphatic carbocycles. The zero-order chi connectivity index (χ0) is 15.6. The summed E-state index contributed by atoms with van der Waals surface area (Å²) in [5, 5.41) is 23.4. The van der Waals surface area contributed by atoms with E-state index in [1.54, 1.807) is 18.2 Å². The number of nitrogens with zero attached hydrogens (tertiary/aromatic N) is 1. The second-order valence-corrected chi connectivity index (χ2v) is 5.64. The maximum atomic E-state index is 11.1. The van der Waals surface area contributed by atoms with E-state index in [1.807, 2.05) is 0 Å². The molecule has 0 atom stereocenters. The molecule has 0 heterocycles. The Hall–Kier alpha value is -1.87. The maximum absolute atomic E-state index is 11.1. The van der Waals surface area contributed by atoms with Gasteiger partial charge in [0.05, 0.1) is 10.6 Å². The van der Waals surface area contributed by atoms with E-state index in [0.717, 1.165) is 15.3 Å². The predicted molar refractivity (Wildman–Crippen MR) is 87.5 cm³/mol. The van der Waals surface area contributed by atoms with E-state index in [4.69, 9.17) is 16.7 Å². The third-order valence-electron chi connectivity index (χ3n) is 2.63. The van der Waals surface area contributed by atoms with Crippen LogP contribution >= 0.6 is 34.2 Å². The van der Waals surface area contributed by atoms with Gasteiger partial charge in [0, 0.05) is 20.3 Å². The lowest BCUT2D eigenvalue weighted by atomic mass is 10.1. The summed E-state index contributed by atoms with van der Waals surface area (Å²) in [6.07, 6.45) is 0. The van der Waals surface area contributed by atoms with Crippen LogP contribution in [-0.4, -0.2) is 16.0 Å². The van der Waals surface area contributed by atoms with Crippen LogP contribution in [0.3, 0.4) is 0 Å². The zero-order valence-electron chi connectivity index (χ0n) is 10.3. The van der Waals surface area contributed by atoms with Gasteiger partial charge in [-0.05, 0) is 52.9 Å². The minimum atomic E-state index is -1.35. The summed E-state index contributed by atoms with van der Waals surface area (Å²) >= 11 is 7.94. The van der Waals surface area contributed by atoms with E-state index in [1.165, 1.54) is 12.1 Å². The van der Waals surface area contributed by atoms with Gasteiger partial charge in [0.1, 0.15) is 5.56 Å². The molecular formula is C13H8ClIN2O4. The molecule has 0 aromatic heterocycles. The summed E-state index contributed by atoms with van der Waals surface area (Å²) < 4.78 is 0.843. The quantitative estimate of drug-likeness (QED) is 0.439. The minimum absolute atomic E-state index is 0.367. The number of carboxylic acid groups (broad SMARTS) is 1. The Labute approximate surface area is 138 Å². The van der Waals surface area contributed by atoms with Crippen molar-refractivity contribution >= 4 is 57.2 Å². The van der Waals surface area contributed by atoms with Crippen LogP contribution in [0.2, 0.25) is 5.02 Å². The molecule has 0 aliphatic heterocycles. The average molecular weight is 419 g/mol. The molecule has 0 spiro atoms. The summed E-state index contributed by atoms with van der Waals surface area (Å²) in [7, 11) is 0. The number of nitrogens with one attached hydrogen (secondary N) is 1. The van der Waals surface area contributed by atoms with Crippen molar-refractivity contribution in [1.29, 1.82) is 0 Å². The third kappa shape index (κ3) is 3.61. The molecule has 8 heteroatoms. The largest absolute Gasteiger partial charge is 0.477 e. The van der Waals surface area contributed by atoms with E-state index >= 15 is 0 Å². The molecular weight excluding hydrogens is 411 g/mol. The molecule has 2 rings (SSSR count). The molecule has 0 bridgehead atoms. The van der Waals surface area contributed by atoms with Crippen molar-refractivity contribution in [3.63, 3.8) is 0 Å². The predicted octanol–water partition coefficient (Wildman–Crippen LogP) is 4.29. The lowest BCUT2D eigenvalue weighted by molar-refractivity contribution is -0.385. The summed E-state index contributed by atoms with van der Waals surface area (Å²) in [4.78, 5) is 21.2. The summed E-state index contributed by atoms with van der Waals surface area (Å²) in [5.74, 6) is -1.35. The fourth-order valence-electron chi connectivity index (χ4n) is 1.69. The SMILES string of the molecule is O=C(O)c1cc(Nc2ccc(Cl)cc2I)ccc1[N+](=O)[O-]. The first-order valence-electron chi connectivity index (χ1n) is 5.62. The molecule has 0 unspecified atom stereocenters. The van der Waals surface area contributed by atoms with Crippen molar-refractivity contribution < 1.29 is 14.8 Å². The normalized spacial score (nSPS) is 10.2. The van der Waals surface area contributed by atoms with E-state index in [9.17, 15) is 14.9 Å². The van der Waals surface area contributed by atoms with Gasteiger partial charge >= 0.3 is 5.97 Å². The number of aromatic carboxylic acids is 1. The van der Waals surface area contributed by atoms with Crippen LogP contribution in [0.5, 0.6) is 0 Å². The van der Waals surface area contributed by atoms with E-state index in [2.05, 4.69) is 27.9 Å². The molecule has 0 aliphatic rings. The highest BCUT2D eigenvalue weighted by Crippen LogP contribution is 2.28. The van der Waals surface area contributed by atoms with Gasteiger partial charge in [-0.3, -0.25) is 10.1 Å². The standard InChI is InChI=1S/C13H8ClIN2O4/c14-7-1-3-11(10(15)5-7)16-8-2-4-12(17(20)21)9(6-8)13(18)19/h1-6,16H,(H,18,19). The fraction of sp³-hybridized carbons (Fsp3) is 0. The van der Waals surface area contributed by atoms with Gasteiger partial charge in [0.25, 0.3) is 5.69 Å². The Morgan fingerprint density at radius 3 is 2.57 bits per heavy atom. The van der Waals surface area contributed by atoms with Crippen molar-refractivity contribution in [2.75, 3.05) is 5.32 Å². The van der Waals surface area contributed by atoms with Crippen LogP contribution in [0.25, 0.3) is 0 Å². The molecule has 0 saturated carbocycles. The number of anilines is 2. The lowest BCUT2D eigenvalue weighted by Crippen LogP contribution is -2.04. The number of halogens is 2. The smallest absolute Gasteiger partial charge is 0.342 e. The molecule has 0 saturated heterocycles.